The Morgan fingerprint density at radius 1 is 1.47 bits per heavy atom. The Labute approximate surface area is 104 Å². The number of anilines is 1. The van der Waals surface area contributed by atoms with Crippen LogP contribution in [0.15, 0.2) is 18.2 Å². The maximum atomic E-state index is 12.1. The lowest BCUT2D eigenvalue weighted by molar-refractivity contribution is 0.0775. The normalized spacial score (nSPS) is 12.2. The molecular weight excluding hydrogens is 212 g/mol. The maximum Gasteiger partial charge on any atom is 0.253 e. The zero-order valence-electron chi connectivity index (χ0n) is 11.2. The van der Waals surface area contributed by atoms with Crippen LogP contribution in [0.2, 0.25) is 0 Å². The van der Waals surface area contributed by atoms with Gasteiger partial charge in [-0.15, -0.1) is 0 Å². The van der Waals surface area contributed by atoms with E-state index in [9.17, 15) is 4.79 Å². The third kappa shape index (κ3) is 3.48. The fourth-order valence-corrected chi connectivity index (χ4v) is 1.67. The summed E-state index contributed by atoms with van der Waals surface area (Å²) in [5.41, 5.74) is 8.16. The average molecular weight is 234 g/mol. The lowest BCUT2D eigenvalue weighted by Crippen LogP contribution is -2.30. The van der Waals surface area contributed by atoms with Gasteiger partial charge in [-0.1, -0.05) is 26.3 Å². The zero-order chi connectivity index (χ0) is 13.0. The van der Waals surface area contributed by atoms with Crippen molar-refractivity contribution in [2.24, 2.45) is 5.92 Å². The van der Waals surface area contributed by atoms with Gasteiger partial charge in [-0.05, 0) is 30.5 Å². The van der Waals surface area contributed by atoms with E-state index in [1.165, 1.54) is 0 Å². The van der Waals surface area contributed by atoms with E-state index in [1.54, 1.807) is 11.0 Å². The van der Waals surface area contributed by atoms with Gasteiger partial charge in [0.1, 0.15) is 0 Å². The molecule has 94 valence electrons. The van der Waals surface area contributed by atoms with Crippen molar-refractivity contribution in [1.82, 2.24) is 4.90 Å². The molecule has 0 aliphatic heterocycles. The molecule has 1 unspecified atom stereocenters. The van der Waals surface area contributed by atoms with Crippen LogP contribution in [0, 0.1) is 12.8 Å². The van der Waals surface area contributed by atoms with Crippen LogP contribution >= 0.6 is 0 Å². The van der Waals surface area contributed by atoms with Crippen LogP contribution in [-0.2, 0) is 0 Å². The Bertz CT molecular complexity index is 401. The van der Waals surface area contributed by atoms with Gasteiger partial charge in [0.2, 0.25) is 0 Å². The molecule has 1 rings (SSSR count). The van der Waals surface area contributed by atoms with Gasteiger partial charge >= 0.3 is 0 Å². The third-order valence-electron chi connectivity index (χ3n) is 3.16. The molecule has 1 aromatic carbocycles. The lowest BCUT2D eigenvalue weighted by Gasteiger charge is -2.21. The van der Waals surface area contributed by atoms with Crippen LogP contribution < -0.4 is 5.73 Å². The summed E-state index contributed by atoms with van der Waals surface area (Å²) >= 11 is 0. The summed E-state index contributed by atoms with van der Waals surface area (Å²) in [4.78, 5) is 13.9. The van der Waals surface area contributed by atoms with E-state index < -0.39 is 0 Å². The number of aryl methyl sites for hydroxylation is 1. The number of rotatable bonds is 4. The Balaban J connectivity index is 2.78. The first kappa shape index (κ1) is 13.6. The van der Waals surface area contributed by atoms with Crippen molar-refractivity contribution in [3.05, 3.63) is 29.3 Å². The molecule has 3 nitrogen and oxygen atoms in total. The van der Waals surface area contributed by atoms with E-state index in [-0.39, 0.29) is 5.91 Å². The van der Waals surface area contributed by atoms with E-state index in [4.69, 9.17) is 5.73 Å². The summed E-state index contributed by atoms with van der Waals surface area (Å²) in [7, 11) is 1.84. The van der Waals surface area contributed by atoms with Crippen LogP contribution in [-0.4, -0.2) is 24.4 Å². The number of hydrogen-bond donors (Lipinski definition) is 1. The number of hydrogen-bond acceptors (Lipinski definition) is 2. The first-order valence-corrected chi connectivity index (χ1v) is 6.07. The molecule has 2 N–H and O–H groups in total. The summed E-state index contributed by atoms with van der Waals surface area (Å²) < 4.78 is 0. The van der Waals surface area contributed by atoms with Gasteiger partial charge in [0.05, 0.1) is 0 Å². The molecule has 0 saturated heterocycles. The van der Waals surface area contributed by atoms with Crippen molar-refractivity contribution >= 4 is 11.6 Å². The summed E-state index contributed by atoms with van der Waals surface area (Å²) in [6.07, 6.45) is 1.08. The molecule has 0 aliphatic rings. The van der Waals surface area contributed by atoms with E-state index in [0.717, 1.165) is 18.5 Å². The Kier molecular flexibility index (Phi) is 4.55. The SMILES string of the molecule is CCC(C)CN(C)C(=O)c1ccc(C)c(N)c1. The Hall–Kier alpha value is -1.51. The second-order valence-electron chi connectivity index (χ2n) is 4.77. The van der Waals surface area contributed by atoms with Gasteiger partial charge in [0, 0.05) is 24.8 Å². The molecule has 17 heavy (non-hydrogen) atoms. The average Bonchev–Trinajstić information content (AvgIpc) is 2.31. The van der Waals surface area contributed by atoms with Crippen LogP contribution in [0.25, 0.3) is 0 Å². The summed E-state index contributed by atoms with van der Waals surface area (Å²) in [6, 6.07) is 5.48. The van der Waals surface area contributed by atoms with Crippen molar-refractivity contribution in [2.75, 3.05) is 19.3 Å². The summed E-state index contributed by atoms with van der Waals surface area (Å²) in [5, 5.41) is 0. The molecule has 0 fully saturated rings. The topological polar surface area (TPSA) is 46.3 Å². The van der Waals surface area contributed by atoms with Crippen LogP contribution in [0.5, 0.6) is 0 Å². The zero-order valence-corrected chi connectivity index (χ0v) is 11.2. The molecule has 3 heteroatoms. The molecule has 0 radical (unpaired) electrons. The van der Waals surface area contributed by atoms with E-state index >= 15 is 0 Å². The van der Waals surface area contributed by atoms with Crippen molar-refractivity contribution in [2.45, 2.75) is 27.2 Å². The number of carbonyl (C=O) groups excluding carboxylic acids is 1. The summed E-state index contributed by atoms with van der Waals surface area (Å²) in [6.45, 7) is 7.00. The predicted octanol–water partition coefficient (Wildman–Crippen LogP) is 2.70. The quantitative estimate of drug-likeness (QED) is 0.814. The first-order valence-electron chi connectivity index (χ1n) is 6.07. The fraction of sp³-hybridized carbons (Fsp3) is 0.500. The second kappa shape index (κ2) is 5.71. The van der Waals surface area contributed by atoms with Gasteiger partial charge in [-0.3, -0.25) is 4.79 Å². The molecule has 0 saturated carbocycles. The number of nitrogen functional groups attached to an aromatic ring is 1. The number of benzene rings is 1. The monoisotopic (exact) mass is 234 g/mol. The molecule has 1 amide bonds. The van der Waals surface area contributed by atoms with Crippen molar-refractivity contribution in [1.29, 1.82) is 0 Å². The van der Waals surface area contributed by atoms with E-state index in [2.05, 4.69) is 13.8 Å². The van der Waals surface area contributed by atoms with Gasteiger partial charge in [0.15, 0.2) is 0 Å². The number of nitrogens with two attached hydrogens (primary N) is 1. The minimum atomic E-state index is 0.0389. The molecule has 0 aliphatic carbocycles. The second-order valence-corrected chi connectivity index (χ2v) is 4.77. The van der Waals surface area contributed by atoms with Gasteiger partial charge < -0.3 is 10.6 Å². The molecule has 0 heterocycles. The van der Waals surface area contributed by atoms with Gasteiger partial charge in [0.25, 0.3) is 5.91 Å². The smallest absolute Gasteiger partial charge is 0.253 e. The van der Waals surface area contributed by atoms with Crippen LogP contribution in [0.4, 0.5) is 5.69 Å². The highest BCUT2D eigenvalue weighted by Crippen LogP contribution is 2.15. The number of amides is 1. The fourth-order valence-electron chi connectivity index (χ4n) is 1.67. The lowest BCUT2D eigenvalue weighted by atomic mass is 10.1. The van der Waals surface area contributed by atoms with Crippen molar-refractivity contribution < 1.29 is 4.79 Å². The van der Waals surface area contributed by atoms with Crippen molar-refractivity contribution in [3.63, 3.8) is 0 Å². The highest BCUT2D eigenvalue weighted by molar-refractivity contribution is 5.95. The Morgan fingerprint density at radius 2 is 2.12 bits per heavy atom. The Morgan fingerprint density at radius 3 is 2.65 bits per heavy atom. The molecule has 1 atom stereocenters. The molecule has 0 aromatic heterocycles. The highest BCUT2D eigenvalue weighted by Gasteiger charge is 2.14. The van der Waals surface area contributed by atoms with Crippen molar-refractivity contribution in [3.8, 4) is 0 Å². The maximum absolute atomic E-state index is 12.1. The van der Waals surface area contributed by atoms with E-state index in [1.807, 2.05) is 26.1 Å². The van der Waals surface area contributed by atoms with Gasteiger partial charge in [-0.2, -0.15) is 0 Å². The highest BCUT2D eigenvalue weighted by atomic mass is 16.2. The van der Waals surface area contributed by atoms with Crippen LogP contribution in [0.1, 0.15) is 36.2 Å². The minimum absolute atomic E-state index is 0.0389. The number of carbonyl (C=O) groups is 1. The van der Waals surface area contributed by atoms with E-state index in [0.29, 0.717) is 17.2 Å². The third-order valence-corrected chi connectivity index (χ3v) is 3.16. The molecular formula is C14H22N2O. The first-order chi connectivity index (χ1) is 7.95. The van der Waals surface area contributed by atoms with Crippen LogP contribution in [0.3, 0.4) is 0 Å². The number of nitrogens with zero attached hydrogens (tertiary/aromatic N) is 1. The molecule has 0 spiro atoms. The molecule has 0 bridgehead atoms. The van der Waals surface area contributed by atoms with Gasteiger partial charge in [-0.25, -0.2) is 0 Å². The predicted molar refractivity (Wildman–Crippen MR) is 72.0 cm³/mol. The summed E-state index contributed by atoms with van der Waals surface area (Å²) in [5.74, 6) is 0.559. The minimum Gasteiger partial charge on any atom is -0.398 e. The standard InChI is InChI=1S/C14H22N2O/c1-5-10(2)9-16(4)14(17)12-7-6-11(3)13(15)8-12/h6-8,10H,5,9,15H2,1-4H3. The molecule has 1 aromatic rings. The largest absolute Gasteiger partial charge is 0.398 e.